The standard InChI is InChI=1S/C19H20N3O8P/c1-4-5-13-6-8-14(9-7-13)19(31(28,29-2)30-3)20-18(23)15-10-16(21(24)25)12-17(11-15)22(26)27/h4,6-12,19H,1,5H2,2-3H3,(H,20,23)/t19-/m0/s1. The Morgan fingerprint density at radius 1 is 1.10 bits per heavy atom. The van der Waals surface area contributed by atoms with Gasteiger partial charge in [-0.3, -0.25) is 29.6 Å². The number of non-ortho nitro benzene ring substituents is 2. The number of amides is 1. The summed E-state index contributed by atoms with van der Waals surface area (Å²) in [6.45, 7) is 3.65. The molecule has 0 heterocycles. The zero-order valence-corrected chi connectivity index (χ0v) is 17.6. The fraction of sp³-hybridized carbons (Fsp3) is 0.211. The normalized spacial score (nSPS) is 12.1. The Labute approximate surface area is 177 Å². The lowest BCUT2D eigenvalue weighted by molar-refractivity contribution is -0.394. The van der Waals surface area contributed by atoms with E-state index in [0.717, 1.165) is 38.0 Å². The molecule has 0 bridgehead atoms. The summed E-state index contributed by atoms with van der Waals surface area (Å²) in [6, 6.07) is 9.22. The number of nitrogens with zero attached hydrogens (tertiary/aromatic N) is 2. The van der Waals surface area contributed by atoms with E-state index in [0.29, 0.717) is 12.0 Å². The van der Waals surface area contributed by atoms with E-state index in [1.807, 2.05) is 0 Å². The van der Waals surface area contributed by atoms with E-state index < -0.39 is 40.5 Å². The van der Waals surface area contributed by atoms with Crippen molar-refractivity contribution in [2.24, 2.45) is 0 Å². The van der Waals surface area contributed by atoms with Gasteiger partial charge >= 0.3 is 7.60 Å². The molecule has 2 aromatic rings. The summed E-state index contributed by atoms with van der Waals surface area (Å²) >= 11 is 0. The van der Waals surface area contributed by atoms with Crippen LogP contribution in [0.15, 0.2) is 55.1 Å². The highest BCUT2D eigenvalue weighted by molar-refractivity contribution is 7.54. The molecule has 0 spiro atoms. The minimum Gasteiger partial charge on any atom is -0.334 e. The second-order valence-electron chi connectivity index (χ2n) is 6.27. The molecule has 0 aliphatic carbocycles. The SMILES string of the molecule is C=CCc1ccc([C@@H](NC(=O)c2cc([N+](=O)[O-])cc([N+](=O)[O-])c2)P(=O)(OC)OC)cc1. The fourth-order valence-electron chi connectivity index (χ4n) is 2.78. The van der Waals surface area contributed by atoms with Gasteiger partial charge in [0.05, 0.1) is 21.5 Å². The second-order valence-corrected chi connectivity index (χ2v) is 8.59. The largest absolute Gasteiger partial charge is 0.356 e. The molecule has 11 nitrogen and oxygen atoms in total. The van der Waals surface area contributed by atoms with Gasteiger partial charge in [-0.2, -0.15) is 0 Å². The number of nitrogens with one attached hydrogen (secondary N) is 1. The quantitative estimate of drug-likeness (QED) is 0.246. The second kappa shape index (κ2) is 10.1. The van der Waals surface area contributed by atoms with Crippen LogP contribution in [0.4, 0.5) is 11.4 Å². The molecule has 0 saturated carbocycles. The lowest BCUT2D eigenvalue weighted by atomic mass is 10.1. The van der Waals surface area contributed by atoms with Gasteiger partial charge in [0.2, 0.25) is 0 Å². The third-order valence-corrected chi connectivity index (χ3v) is 6.43. The minimum atomic E-state index is -3.90. The van der Waals surface area contributed by atoms with E-state index in [1.165, 1.54) is 0 Å². The van der Waals surface area contributed by atoms with E-state index >= 15 is 0 Å². The molecule has 0 saturated heterocycles. The number of nitro benzene ring substituents is 2. The van der Waals surface area contributed by atoms with Crippen molar-refractivity contribution in [2.75, 3.05) is 14.2 Å². The van der Waals surface area contributed by atoms with Gasteiger partial charge in [0.1, 0.15) is 0 Å². The first kappa shape index (κ1) is 23.9. The summed E-state index contributed by atoms with van der Waals surface area (Å²) in [7, 11) is -1.61. The zero-order chi connectivity index (χ0) is 23.2. The first-order valence-electron chi connectivity index (χ1n) is 8.80. The van der Waals surface area contributed by atoms with Crippen molar-refractivity contribution in [3.05, 3.63) is 92.0 Å². The molecule has 31 heavy (non-hydrogen) atoms. The van der Waals surface area contributed by atoms with Crippen LogP contribution < -0.4 is 5.32 Å². The van der Waals surface area contributed by atoms with E-state index in [4.69, 9.17) is 9.05 Å². The number of hydrogen-bond donors (Lipinski definition) is 1. The van der Waals surface area contributed by atoms with E-state index in [2.05, 4.69) is 11.9 Å². The Bertz CT molecular complexity index is 1010. The third kappa shape index (κ3) is 5.60. The number of allylic oxidation sites excluding steroid dienone is 1. The third-order valence-electron chi connectivity index (χ3n) is 4.35. The number of nitro groups is 2. The molecule has 0 aliphatic rings. The Morgan fingerprint density at radius 2 is 1.61 bits per heavy atom. The summed E-state index contributed by atoms with van der Waals surface area (Å²) in [5, 5.41) is 24.6. The predicted octanol–water partition coefficient (Wildman–Crippen LogP) is 4.15. The van der Waals surface area contributed by atoms with Crippen LogP contribution in [0, 0.1) is 20.2 Å². The number of hydrogen-bond acceptors (Lipinski definition) is 8. The molecular formula is C19H20N3O8P. The lowest BCUT2D eigenvalue weighted by Gasteiger charge is -2.25. The summed E-state index contributed by atoms with van der Waals surface area (Å²) in [6.07, 6.45) is 2.31. The summed E-state index contributed by atoms with van der Waals surface area (Å²) in [5.74, 6) is -2.20. The number of benzene rings is 2. The number of carbonyl (C=O) groups is 1. The van der Waals surface area contributed by atoms with Crippen LogP contribution >= 0.6 is 7.60 Å². The Kier molecular flexibility index (Phi) is 7.76. The van der Waals surface area contributed by atoms with Crippen LogP contribution in [-0.4, -0.2) is 30.0 Å². The Hall–Kier alpha value is -3.40. The van der Waals surface area contributed by atoms with Crippen molar-refractivity contribution in [2.45, 2.75) is 12.2 Å². The maximum Gasteiger partial charge on any atom is 0.356 e. The van der Waals surface area contributed by atoms with Gasteiger partial charge < -0.3 is 14.4 Å². The van der Waals surface area contributed by atoms with Crippen molar-refractivity contribution in [3.8, 4) is 0 Å². The first-order chi connectivity index (χ1) is 14.6. The average Bonchev–Trinajstić information content (AvgIpc) is 2.77. The number of rotatable bonds is 10. The summed E-state index contributed by atoms with van der Waals surface area (Å²) < 4.78 is 23.1. The molecule has 1 N–H and O–H groups in total. The van der Waals surface area contributed by atoms with Crippen molar-refractivity contribution in [1.82, 2.24) is 5.32 Å². The van der Waals surface area contributed by atoms with Crippen molar-refractivity contribution in [1.29, 1.82) is 0 Å². The molecule has 164 valence electrons. The molecule has 0 radical (unpaired) electrons. The summed E-state index contributed by atoms with van der Waals surface area (Å²) in [4.78, 5) is 33.3. The molecule has 2 rings (SSSR count). The van der Waals surface area contributed by atoms with E-state index in [9.17, 15) is 29.6 Å². The van der Waals surface area contributed by atoms with Crippen LogP contribution in [0.5, 0.6) is 0 Å². The predicted molar refractivity (Wildman–Crippen MR) is 112 cm³/mol. The molecule has 1 amide bonds. The van der Waals surface area contributed by atoms with Gasteiger partial charge in [0.15, 0.2) is 5.78 Å². The van der Waals surface area contributed by atoms with Crippen molar-refractivity contribution >= 4 is 24.9 Å². The molecule has 0 aromatic heterocycles. The van der Waals surface area contributed by atoms with Crippen LogP contribution in [-0.2, 0) is 20.0 Å². The fourth-order valence-corrected chi connectivity index (χ4v) is 4.16. The highest BCUT2D eigenvalue weighted by Gasteiger charge is 2.37. The average molecular weight is 449 g/mol. The smallest absolute Gasteiger partial charge is 0.334 e. The van der Waals surface area contributed by atoms with Gasteiger partial charge in [0, 0.05) is 26.4 Å². The monoisotopic (exact) mass is 449 g/mol. The van der Waals surface area contributed by atoms with Gasteiger partial charge in [-0.15, -0.1) is 6.58 Å². The van der Waals surface area contributed by atoms with Gasteiger partial charge in [-0.1, -0.05) is 30.3 Å². The first-order valence-corrected chi connectivity index (χ1v) is 10.4. The molecule has 0 aliphatic heterocycles. The van der Waals surface area contributed by atoms with Crippen LogP contribution in [0.1, 0.15) is 27.3 Å². The maximum absolute atomic E-state index is 13.1. The highest BCUT2D eigenvalue weighted by Crippen LogP contribution is 2.58. The van der Waals surface area contributed by atoms with E-state index in [1.54, 1.807) is 30.3 Å². The van der Waals surface area contributed by atoms with Crippen molar-refractivity contribution in [3.63, 3.8) is 0 Å². The molecule has 1 atom stereocenters. The minimum absolute atomic E-state index is 0.354. The van der Waals surface area contributed by atoms with Crippen molar-refractivity contribution < 1.29 is 28.3 Å². The van der Waals surface area contributed by atoms with Gasteiger partial charge in [-0.05, 0) is 17.5 Å². The number of carbonyl (C=O) groups excluding carboxylic acids is 1. The van der Waals surface area contributed by atoms with Gasteiger partial charge in [-0.25, -0.2) is 0 Å². The molecule has 2 aromatic carbocycles. The van der Waals surface area contributed by atoms with Crippen LogP contribution in [0.2, 0.25) is 0 Å². The molecule has 0 unspecified atom stereocenters. The maximum atomic E-state index is 13.1. The molecule has 12 heteroatoms. The summed E-state index contributed by atoms with van der Waals surface area (Å²) in [5.41, 5.74) is -0.318. The molecule has 0 fully saturated rings. The van der Waals surface area contributed by atoms with Crippen LogP contribution in [0.25, 0.3) is 0 Å². The Morgan fingerprint density at radius 3 is 2.03 bits per heavy atom. The highest BCUT2D eigenvalue weighted by atomic mass is 31.2. The Balaban J connectivity index is 2.48. The van der Waals surface area contributed by atoms with Crippen LogP contribution in [0.3, 0.4) is 0 Å². The zero-order valence-electron chi connectivity index (χ0n) is 16.7. The lowest BCUT2D eigenvalue weighted by Crippen LogP contribution is -2.29. The van der Waals surface area contributed by atoms with Gasteiger partial charge in [0.25, 0.3) is 17.3 Å². The topological polar surface area (TPSA) is 151 Å². The molecular weight excluding hydrogens is 429 g/mol. The van der Waals surface area contributed by atoms with E-state index in [-0.39, 0.29) is 5.56 Å².